The van der Waals surface area contributed by atoms with Gasteiger partial charge in [-0.25, -0.2) is 0 Å². The molecule has 2 unspecified atom stereocenters. The highest BCUT2D eigenvalue weighted by Crippen LogP contribution is 2.90. The van der Waals surface area contributed by atoms with Gasteiger partial charge in [-0.05, 0) is 105 Å². The van der Waals surface area contributed by atoms with Crippen molar-refractivity contribution in [2.45, 2.75) is 160 Å². The summed E-state index contributed by atoms with van der Waals surface area (Å²) in [5.74, 6) is 0.108. The van der Waals surface area contributed by atoms with E-state index >= 15 is 0 Å². The lowest BCUT2D eigenvalue weighted by Gasteiger charge is -2.63. The van der Waals surface area contributed by atoms with Crippen molar-refractivity contribution in [1.29, 1.82) is 0 Å². The molecule has 8 rings (SSSR count). The maximum absolute atomic E-state index is 12.7. The third kappa shape index (κ3) is 3.38. The molecule has 0 radical (unpaired) electrons. The molecule has 3 spiro atoms. The predicted octanol–water partition coefficient (Wildman–Crippen LogP) is 3.12. The third-order valence-corrected chi connectivity index (χ3v) is 15.9. The Kier molecular flexibility index (Phi) is 6.33. The van der Waals surface area contributed by atoms with Gasteiger partial charge in [0.1, 0.15) is 30.5 Å². The van der Waals surface area contributed by atoms with Gasteiger partial charge in [0.25, 0.3) is 0 Å². The summed E-state index contributed by atoms with van der Waals surface area (Å²) < 4.78 is 25.8. The van der Waals surface area contributed by atoms with Gasteiger partial charge < -0.3 is 44.5 Å². The van der Waals surface area contributed by atoms with Crippen LogP contribution in [-0.2, 0) is 18.9 Å². The van der Waals surface area contributed by atoms with Gasteiger partial charge in [0.2, 0.25) is 0 Å². The molecule has 5 saturated carbocycles. The fourth-order valence-electron chi connectivity index (χ4n) is 14.0. The Morgan fingerprint density at radius 2 is 1.52 bits per heavy atom. The maximum Gasteiger partial charge on any atom is 0.199 e. The zero-order valence-electron chi connectivity index (χ0n) is 27.7. The minimum absolute atomic E-state index is 0.0559. The molecule has 250 valence electrons. The summed E-state index contributed by atoms with van der Waals surface area (Å²) in [5, 5.41) is 54.5. The smallest absolute Gasteiger partial charge is 0.199 e. The molecule has 5 aliphatic carbocycles. The van der Waals surface area contributed by atoms with E-state index < -0.39 is 48.2 Å². The lowest BCUT2D eigenvalue weighted by molar-refractivity contribution is -0.303. The van der Waals surface area contributed by atoms with E-state index in [9.17, 15) is 25.5 Å². The van der Waals surface area contributed by atoms with Crippen molar-refractivity contribution < 1.29 is 44.5 Å². The molecule has 8 aliphatic rings. The average Bonchev–Trinajstić information content (AvgIpc) is 3.45. The van der Waals surface area contributed by atoms with E-state index in [1.54, 1.807) is 13.8 Å². The van der Waals surface area contributed by atoms with Crippen LogP contribution in [-0.4, -0.2) is 92.5 Å². The van der Waals surface area contributed by atoms with Crippen molar-refractivity contribution in [3.8, 4) is 0 Å². The van der Waals surface area contributed by atoms with Gasteiger partial charge in [-0.2, -0.15) is 0 Å². The number of aliphatic hydroxyl groups is 5. The number of ether oxygens (including phenoxy) is 4. The lowest BCUT2D eigenvalue weighted by atomic mass is 9.41. The van der Waals surface area contributed by atoms with E-state index in [2.05, 4.69) is 34.6 Å². The Morgan fingerprint density at radius 1 is 0.841 bits per heavy atom. The van der Waals surface area contributed by atoms with E-state index in [0.29, 0.717) is 17.8 Å². The molecule has 0 aromatic rings. The maximum atomic E-state index is 12.7. The molecule has 0 amide bonds. The van der Waals surface area contributed by atoms with Crippen molar-refractivity contribution in [1.82, 2.24) is 0 Å². The summed E-state index contributed by atoms with van der Waals surface area (Å²) in [5.41, 5.74) is -1.39. The molecule has 0 aromatic carbocycles. The van der Waals surface area contributed by atoms with Crippen molar-refractivity contribution >= 4 is 0 Å². The van der Waals surface area contributed by atoms with Gasteiger partial charge in [0, 0.05) is 11.3 Å². The zero-order valence-corrected chi connectivity index (χ0v) is 27.7. The number of hydrogen-bond donors (Lipinski definition) is 5. The van der Waals surface area contributed by atoms with Crippen molar-refractivity contribution in [2.75, 3.05) is 6.61 Å². The zero-order chi connectivity index (χ0) is 31.6. The molecule has 5 N–H and O–H groups in total. The van der Waals surface area contributed by atoms with Crippen molar-refractivity contribution in [3.05, 3.63) is 0 Å². The van der Waals surface area contributed by atoms with Crippen LogP contribution in [0.25, 0.3) is 0 Å². The topological polar surface area (TPSA) is 138 Å². The minimum atomic E-state index is -1.28. The minimum Gasteiger partial charge on any atom is -0.388 e. The van der Waals surface area contributed by atoms with Crippen molar-refractivity contribution in [3.63, 3.8) is 0 Å². The van der Waals surface area contributed by atoms with Crippen LogP contribution in [0, 0.1) is 50.7 Å². The van der Waals surface area contributed by atoms with Crippen molar-refractivity contribution in [2.24, 2.45) is 50.7 Å². The average molecular weight is 621 g/mol. The van der Waals surface area contributed by atoms with Gasteiger partial charge in [-0.15, -0.1) is 0 Å². The van der Waals surface area contributed by atoms with Crippen LogP contribution in [0.3, 0.4) is 0 Å². The van der Waals surface area contributed by atoms with Crippen LogP contribution in [0.2, 0.25) is 0 Å². The van der Waals surface area contributed by atoms with E-state index in [-0.39, 0.29) is 51.8 Å². The molecule has 3 heterocycles. The molecule has 9 nitrogen and oxygen atoms in total. The van der Waals surface area contributed by atoms with E-state index in [4.69, 9.17) is 18.9 Å². The standard InChI is InChI=1S/C35H56O9/c1-17-14-19-26(30(4,5)40)44-35(43-19)25(17)31(6)12-13-34-16-33(34)11-10-22(42-27-24(38)23(37)18(36)15-41-27)29(2,3)20(33)8-9-21(34)32(31,7)28(35)39/h17-28,36-40H,8-16H2,1-7H3/t17-,18-,19+,20+,21+,22+,23+,24-,25-,26+,27+,28?,31-,32-,33-,34-,35?/m1/s1. The Labute approximate surface area is 262 Å². The Morgan fingerprint density at radius 3 is 2.23 bits per heavy atom. The summed E-state index contributed by atoms with van der Waals surface area (Å²) in [6, 6.07) is 0. The fraction of sp³-hybridized carbons (Fsp3) is 1.00. The molecular formula is C35H56O9. The quantitative estimate of drug-likeness (QED) is 0.301. The first kappa shape index (κ1) is 30.9. The van der Waals surface area contributed by atoms with Crippen LogP contribution in [0.15, 0.2) is 0 Å². The Bertz CT molecular complexity index is 1200. The van der Waals surface area contributed by atoms with Crippen LogP contribution >= 0.6 is 0 Å². The molecule has 0 aromatic heterocycles. The second kappa shape index (κ2) is 9.00. The van der Waals surface area contributed by atoms with Crippen LogP contribution in [0.5, 0.6) is 0 Å². The predicted molar refractivity (Wildman–Crippen MR) is 159 cm³/mol. The van der Waals surface area contributed by atoms with Gasteiger partial charge >= 0.3 is 0 Å². The normalized spacial score (nSPS) is 62.2. The second-order valence-corrected chi connectivity index (χ2v) is 18.3. The number of hydrogen-bond acceptors (Lipinski definition) is 9. The van der Waals surface area contributed by atoms with Crippen LogP contribution < -0.4 is 0 Å². The van der Waals surface area contributed by atoms with Gasteiger partial charge in [0.05, 0.1) is 24.4 Å². The van der Waals surface area contributed by atoms with Crippen LogP contribution in [0.1, 0.15) is 99.8 Å². The first-order valence-corrected chi connectivity index (χ1v) is 17.5. The molecule has 3 aliphatic heterocycles. The number of fused-ring (bicyclic) bond motifs is 4. The Balaban J connectivity index is 1.10. The van der Waals surface area contributed by atoms with Gasteiger partial charge in [0.15, 0.2) is 12.1 Å². The molecule has 44 heavy (non-hydrogen) atoms. The molecule has 17 atom stereocenters. The summed E-state index contributed by atoms with van der Waals surface area (Å²) in [6.07, 6.45) is 2.00. The second-order valence-electron chi connectivity index (χ2n) is 18.3. The Hall–Kier alpha value is -0.360. The molecule has 2 bridgehead atoms. The summed E-state index contributed by atoms with van der Waals surface area (Å²) >= 11 is 0. The monoisotopic (exact) mass is 620 g/mol. The summed E-state index contributed by atoms with van der Waals surface area (Å²) in [7, 11) is 0. The molecule has 8 fully saturated rings. The largest absolute Gasteiger partial charge is 0.388 e. The molecule has 9 heteroatoms. The highest BCUT2D eigenvalue weighted by atomic mass is 16.8. The molecule has 3 saturated heterocycles. The van der Waals surface area contributed by atoms with Gasteiger partial charge in [-0.1, -0.05) is 34.6 Å². The number of aliphatic hydroxyl groups excluding tert-OH is 4. The number of rotatable bonds is 3. The summed E-state index contributed by atoms with van der Waals surface area (Å²) in [4.78, 5) is 0. The molecular weight excluding hydrogens is 564 g/mol. The van der Waals surface area contributed by atoms with Gasteiger partial charge in [-0.3, -0.25) is 0 Å². The SMILES string of the molecule is C[C@@H]1C[C@@H]2OC3(O[C@@H]2C(C)(C)O)C(O)[C@@]2(C)[C@@H]4CC[C@H]5C(C)(C)[C@@H](O[C@@H]6OC[C@@H](O)[C@H](O)[C@H]6O)CC[C@@]56C[C@]46CC[C@]2(C)[C@@H]13. The summed E-state index contributed by atoms with van der Waals surface area (Å²) in [6.45, 7) is 15.2. The highest BCUT2D eigenvalue weighted by molar-refractivity contribution is 5.34. The van der Waals surface area contributed by atoms with E-state index in [1.807, 2.05) is 0 Å². The fourth-order valence-corrected chi connectivity index (χ4v) is 14.0. The van der Waals surface area contributed by atoms with E-state index in [1.165, 1.54) is 6.42 Å². The highest BCUT2D eigenvalue weighted by Gasteiger charge is 2.88. The first-order chi connectivity index (χ1) is 20.4. The lowest BCUT2D eigenvalue weighted by Crippen LogP contribution is -2.61. The third-order valence-electron chi connectivity index (χ3n) is 15.9. The van der Waals surface area contributed by atoms with E-state index in [0.717, 1.165) is 44.9 Å². The van der Waals surface area contributed by atoms with Crippen LogP contribution in [0.4, 0.5) is 0 Å². The first-order valence-electron chi connectivity index (χ1n) is 17.5.